The third kappa shape index (κ3) is 1.76. The molecule has 0 unspecified atom stereocenters. The predicted octanol–water partition coefficient (Wildman–Crippen LogP) is 1.34. The van der Waals surface area contributed by atoms with Gasteiger partial charge in [-0.05, 0) is 34.6 Å². The largest absolute Gasteiger partial charge is 0.278 e. The molecule has 0 aromatic heterocycles. The molecule has 0 atom stereocenters. The fourth-order valence-corrected chi connectivity index (χ4v) is 1.77. The Balaban J connectivity index is 3.25. The molecule has 0 saturated carbocycles. The Morgan fingerprint density at radius 1 is 1.07 bits per heavy atom. The van der Waals surface area contributed by atoms with Crippen LogP contribution in [0.25, 0.3) is 0 Å². The maximum Gasteiger partial charge on any atom is 0.278 e. The van der Waals surface area contributed by atoms with Gasteiger partial charge in [0.1, 0.15) is 5.57 Å². The van der Waals surface area contributed by atoms with Crippen LogP contribution in [0.3, 0.4) is 0 Å². The zero-order chi connectivity index (χ0) is 12.0. The van der Waals surface area contributed by atoms with Crippen molar-refractivity contribution in [1.29, 1.82) is 0 Å². The Morgan fingerprint density at radius 3 is 1.73 bits per heavy atom. The summed E-state index contributed by atoms with van der Waals surface area (Å²) < 4.78 is 0. The lowest BCUT2D eigenvalue weighted by Crippen LogP contribution is -2.49. The minimum atomic E-state index is -0.376. The molecule has 0 radical (unpaired) electrons. The van der Waals surface area contributed by atoms with E-state index in [9.17, 15) is 9.59 Å². The molecular weight excluding hydrogens is 192 g/mol. The molecule has 4 nitrogen and oxygen atoms in total. The molecule has 1 aliphatic rings. The molecule has 1 rings (SSSR count). The first-order chi connectivity index (χ1) is 6.68. The summed E-state index contributed by atoms with van der Waals surface area (Å²) in [5.74, 6) is -0.412. The Kier molecular flexibility index (Phi) is 2.63. The smallest absolute Gasteiger partial charge is 0.267 e. The summed E-state index contributed by atoms with van der Waals surface area (Å²) in [5, 5.41) is 2.89. The Labute approximate surface area is 90.5 Å². The van der Waals surface area contributed by atoms with Gasteiger partial charge in [-0.25, -0.2) is 10.0 Å². The molecule has 0 bridgehead atoms. The summed E-state index contributed by atoms with van der Waals surface area (Å²) in [6.07, 6.45) is 0. The van der Waals surface area contributed by atoms with E-state index in [1.807, 2.05) is 20.8 Å². The van der Waals surface area contributed by atoms with Gasteiger partial charge in [0.2, 0.25) is 0 Å². The van der Waals surface area contributed by atoms with Crippen LogP contribution in [0.1, 0.15) is 34.6 Å². The first-order valence-electron chi connectivity index (χ1n) is 4.98. The van der Waals surface area contributed by atoms with Gasteiger partial charge < -0.3 is 0 Å². The Hall–Kier alpha value is -1.32. The van der Waals surface area contributed by atoms with Crippen LogP contribution in [0.2, 0.25) is 0 Å². The normalized spacial score (nSPS) is 17.9. The molecule has 1 heterocycles. The highest BCUT2D eigenvalue weighted by Crippen LogP contribution is 2.27. The predicted molar refractivity (Wildman–Crippen MR) is 57.7 cm³/mol. The second kappa shape index (κ2) is 3.36. The van der Waals surface area contributed by atoms with E-state index < -0.39 is 0 Å². The zero-order valence-electron chi connectivity index (χ0n) is 10.2. The molecule has 0 N–H and O–H groups in total. The number of hydrogen-bond acceptors (Lipinski definition) is 2. The van der Waals surface area contributed by atoms with Gasteiger partial charge in [0.25, 0.3) is 11.8 Å². The number of carbonyl (C=O) groups excluding carboxylic acids is 2. The fourth-order valence-electron chi connectivity index (χ4n) is 1.77. The van der Waals surface area contributed by atoms with Crippen molar-refractivity contribution in [2.75, 3.05) is 7.05 Å². The van der Waals surface area contributed by atoms with E-state index in [4.69, 9.17) is 0 Å². The van der Waals surface area contributed by atoms with Crippen molar-refractivity contribution in [3.05, 3.63) is 11.1 Å². The molecule has 0 spiro atoms. The van der Waals surface area contributed by atoms with E-state index in [-0.39, 0.29) is 17.4 Å². The average Bonchev–Trinajstić information content (AvgIpc) is 2.21. The van der Waals surface area contributed by atoms with Crippen molar-refractivity contribution in [1.82, 2.24) is 10.0 Å². The highest BCUT2D eigenvalue weighted by Gasteiger charge is 2.44. The minimum Gasteiger partial charge on any atom is -0.267 e. The van der Waals surface area contributed by atoms with Crippen molar-refractivity contribution in [3.63, 3.8) is 0 Å². The lowest BCUT2D eigenvalue weighted by atomic mass is 10.1. The van der Waals surface area contributed by atoms with E-state index in [0.29, 0.717) is 5.57 Å². The lowest BCUT2D eigenvalue weighted by Gasteiger charge is -2.35. The highest BCUT2D eigenvalue weighted by molar-refractivity contribution is 6.23. The fraction of sp³-hybridized carbons (Fsp3) is 0.636. The Bertz CT molecular complexity index is 346. The number of likely N-dealkylation sites (N-methyl/N-ethyl adjacent to an activating group) is 1. The maximum absolute atomic E-state index is 12.0. The van der Waals surface area contributed by atoms with Crippen LogP contribution in [0.4, 0.5) is 0 Å². The number of amides is 2. The molecule has 1 fully saturated rings. The Morgan fingerprint density at radius 2 is 1.53 bits per heavy atom. The van der Waals surface area contributed by atoms with Gasteiger partial charge in [-0.3, -0.25) is 9.59 Å². The van der Waals surface area contributed by atoms with E-state index >= 15 is 0 Å². The first kappa shape index (κ1) is 11.8. The molecule has 0 aromatic rings. The van der Waals surface area contributed by atoms with Crippen molar-refractivity contribution < 1.29 is 9.59 Å². The van der Waals surface area contributed by atoms with Gasteiger partial charge in [0.15, 0.2) is 0 Å². The minimum absolute atomic E-state index is 0.199. The molecule has 4 heteroatoms. The van der Waals surface area contributed by atoms with Gasteiger partial charge in [0, 0.05) is 7.05 Å². The topological polar surface area (TPSA) is 40.6 Å². The molecule has 15 heavy (non-hydrogen) atoms. The standard InChI is InChI=1S/C11H18N2O2/c1-7(2)8-9(14)12(6)13(10(8)15)11(3,4)5/h1-6H3. The van der Waals surface area contributed by atoms with Gasteiger partial charge in [-0.2, -0.15) is 0 Å². The molecule has 84 valence electrons. The van der Waals surface area contributed by atoms with Crippen LogP contribution < -0.4 is 0 Å². The average molecular weight is 210 g/mol. The van der Waals surface area contributed by atoms with Crippen LogP contribution in [-0.2, 0) is 9.59 Å². The van der Waals surface area contributed by atoms with Crippen molar-refractivity contribution in [3.8, 4) is 0 Å². The number of carbonyl (C=O) groups is 2. The van der Waals surface area contributed by atoms with Gasteiger partial charge in [-0.15, -0.1) is 0 Å². The first-order valence-corrected chi connectivity index (χ1v) is 4.98. The molecule has 0 aromatic carbocycles. The monoisotopic (exact) mass is 210 g/mol. The third-order valence-corrected chi connectivity index (χ3v) is 2.35. The quantitative estimate of drug-likeness (QED) is 0.447. The second-order valence-corrected chi connectivity index (χ2v) is 4.99. The van der Waals surface area contributed by atoms with Crippen LogP contribution in [-0.4, -0.2) is 34.4 Å². The van der Waals surface area contributed by atoms with Gasteiger partial charge in [-0.1, -0.05) is 5.57 Å². The zero-order valence-corrected chi connectivity index (χ0v) is 10.2. The lowest BCUT2D eigenvalue weighted by molar-refractivity contribution is -0.153. The SMILES string of the molecule is CC(C)=C1C(=O)N(C)N(C(C)(C)C)C1=O. The van der Waals surface area contributed by atoms with Crippen LogP contribution in [0, 0.1) is 0 Å². The third-order valence-electron chi connectivity index (χ3n) is 2.35. The number of allylic oxidation sites excluding steroid dienone is 1. The van der Waals surface area contributed by atoms with Crippen molar-refractivity contribution in [2.45, 2.75) is 40.2 Å². The molecule has 1 saturated heterocycles. The van der Waals surface area contributed by atoms with Crippen LogP contribution in [0.15, 0.2) is 11.1 Å². The van der Waals surface area contributed by atoms with Crippen LogP contribution >= 0.6 is 0 Å². The van der Waals surface area contributed by atoms with Crippen LogP contribution in [0.5, 0.6) is 0 Å². The number of hydrogen-bond donors (Lipinski definition) is 0. The summed E-state index contributed by atoms with van der Waals surface area (Å²) in [4.78, 5) is 23.8. The summed E-state index contributed by atoms with van der Waals surface area (Å²) in [7, 11) is 1.63. The van der Waals surface area contributed by atoms with E-state index in [1.54, 1.807) is 20.9 Å². The van der Waals surface area contributed by atoms with E-state index in [0.717, 1.165) is 5.57 Å². The number of hydrazine groups is 1. The molecule has 1 aliphatic heterocycles. The molecule has 2 amide bonds. The second-order valence-electron chi connectivity index (χ2n) is 4.99. The van der Waals surface area contributed by atoms with Gasteiger partial charge >= 0.3 is 0 Å². The molecular formula is C11H18N2O2. The number of nitrogens with zero attached hydrogens (tertiary/aromatic N) is 2. The molecule has 0 aliphatic carbocycles. The highest BCUT2D eigenvalue weighted by atomic mass is 16.2. The maximum atomic E-state index is 12.0. The summed E-state index contributed by atoms with van der Waals surface area (Å²) >= 11 is 0. The van der Waals surface area contributed by atoms with Gasteiger partial charge in [0.05, 0.1) is 5.54 Å². The summed E-state index contributed by atoms with van der Waals surface area (Å²) in [5.41, 5.74) is 0.689. The van der Waals surface area contributed by atoms with E-state index in [2.05, 4.69) is 0 Å². The van der Waals surface area contributed by atoms with Crippen molar-refractivity contribution in [2.24, 2.45) is 0 Å². The van der Waals surface area contributed by atoms with E-state index in [1.165, 1.54) is 10.0 Å². The number of rotatable bonds is 0. The summed E-state index contributed by atoms with van der Waals surface area (Å²) in [6.45, 7) is 9.28. The summed E-state index contributed by atoms with van der Waals surface area (Å²) in [6, 6.07) is 0. The van der Waals surface area contributed by atoms with Crippen molar-refractivity contribution >= 4 is 11.8 Å².